The molecule has 0 heterocycles. The van der Waals surface area contributed by atoms with Gasteiger partial charge in [0.1, 0.15) is 5.75 Å². The summed E-state index contributed by atoms with van der Waals surface area (Å²) in [7, 11) is 1.64. The van der Waals surface area contributed by atoms with Gasteiger partial charge in [0, 0.05) is 12.2 Å². The number of nitrogens with one attached hydrogen (secondary N) is 2. The van der Waals surface area contributed by atoms with E-state index in [1.165, 1.54) is 30.5 Å². The van der Waals surface area contributed by atoms with E-state index in [2.05, 4.69) is 21.4 Å². The zero-order valence-electron chi connectivity index (χ0n) is 16.3. The van der Waals surface area contributed by atoms with Crippen molar-refractivity contribution >= 4 is 17.5 Å². The molecule has 0 bridgehead atoms. The molecule has 1 aromatic carbocycles. The maximum absolute atomic E-state index is 12.1. The van der Waals surface area contributed by atoms with Gasteiger partial charge in [0.15, 0.2) is 0 Å². The normalized spacial score (nSPS) is 14.3. The number of ether oxygens (including phenoxy) is 1. The number of rotatable bonds is 9. The standard InChI is InChI=1S/C20H26F3N3O3/c1-26(13-18(27)24-12-11-15-5-3-2-4-6-15)14-19(28)25-16-7-9-17(10-8-16)29-20(21,22)23/h5,7-10H,2-4,6,11-14H2,1H3,(H,24,27)(H,25,28). The van der Waals surface area contributed by atoms with Crippen LogP contribution in [0, 0.1) is 0 Å². The van der Waals surface area contributed by atoms with Crippen molar-refractivity contribution in [3.8, 4) is 5.75 Å². The topological polar surface area (TPSA) is 70.7 Å². The Balaban J connectivity index is 1.67. The van der Waals surface area contributed by atoms with Crippen LogP contribution in [0.25, 0.3) is 0 Å². The molecule has 0 atom stereocenters. The summed E-state index contributed by atoms with van der Waals surface area (Å²) in [5, 5.41) is 5.42. The monoisotopic (exact) mass is 413 g/mol. The minimum absolute atomic E-state index is 0.0284. The number of carbonyl (C=O) groups is 2. The first kappa shape index (κ1) is 22.7. The number of anilines is 1. The van der Waals surface area contributed by atoms with Gasteiger partial charge in [0.2, 0.25) is 11.8 Å². The average molecular weight is 413 g/mol. The van der Waals surface area contributed by atoms with Crippen molar-refractivity contribution in [3.05, 3.63) is 35.9 Å². The highest BCUT2D eigenvalue weighted by molar-refractivity contribution is 5.92. The van der Waals surface area contributed by atoms with Gasteiger partial charge >= 0.3 is 6.36 Å². The first-order chi connectivity index (χ1) is 13.7. The quantitative estimate of drug-likeness (QED) is 0.609. The highest BCUT2D eigenvalue weighted by Crippen LogP contribution is 2.24. The minimum atomic E-state index is -4.76. The Labute approximate surface area is 168 Å². The molecule has 2 amide bonds. The highest BCUT2D eigenvalue weighted by Gasteiger charge is 2.30. The Bertz CT molecular complexity index is 718. The first-order valence-electron chi connectivity index (χ1n) is 9.50. The molecule has 6 nitrogen and oxygen atoms in total. The fraction of sp³-hybridized carbons (Fsp3) is 0.500. The lowest BCUT2D eigenvalue weighted by Gasteiger charge is -2.17. The molecular weight excluding hydrogens is 387 g/mol. The smallest absolute Gasteiger partial charge is 0.406 e. The van der Waals surface area contributed by atoms with Gasteiger partial charge in [-0.1, -0.05) is 11.6 Å². The molecule has 0 radical (unpaired) electrons. The van der Waals surface area contributed by atoms with Crippen molar-refractivity contribution in [2.24, 2.45) is 0 Å². The van der Waals surface area contributed by atoms with Crippen LogP contribution in [0.2, 0.25) is 0 Å². The third-order valence-corrected chi connectivity index (χ3v) is 4.35. The lowest BCUT2D eigenvalue weighted by Crippen LogP contribution is -2.39. The molecule has 0 aliphatic heterocycles. The third-order valence-electron chi connectivity index (χ3n) is 4.35. The van der Waals surface area contributed by atoms with Crippen LogP contribution >= 0.6 is 0 Å². The third kappa shape index (κ3) is 9.47. The molecule has 1 aromatic rings. The molecule has 9 heteroatoms. The Morgan fingerprint density at radius 3 is 2.41 bits per heavy atom. The Morgan fingerprint density at radius 1 is 1.10 bits per heavy atom. The summed E-state index contributed by atoms with van der Waals surface area (Å²) in [6.45, 7) is 0.626. The van der Waals surface area contributed by atoms with E-state index in [0.29, 0.717) is 12.2 Å². The van der Waals surface area contributed by atoms with Crippen molar-refractivity contribution in [1.82, 2.24) is 10.2 Å². The van der Waals surface area contributed by atoms with Gasteiger partial charge in [0.05, 0.1) is 13.1 Å². The van der Waals surface area contributed by atoms with Crippen LogP contribution in [0.5, 0.6) is 5.75 Å². The van der Waals surface area contributed by atoms with Crippen LogP contribution in [0.3, 0.4) is 0 Å². The fourth-order valence-corrected chi connectivity index (χ4v) is 3.04. The Kier molecular flexibility index (Phi) is 8.50. The van der Waals surface area contributed by atoms with E-state index in [-0.39, 0.29) is 30.7 Å². The zero-order chi connectivity index (χ0) is 21.3. The van der Waals surface area contributed by atoms with E-state index in [4.69, 9.17) is 0 Å². The number of hydrogen-bond acceptors (Lipinski definition) is 4. The summed E-state index contributed by atoms with van der Waals surface area (Å²) in [6, 6.07) is 4.85. The summed E-state index contributed by atoms with van der Waals surface area (Å²) >= 11 is 0. The van der Waals surface area contributed by atoms with Crippen LogP contribution in [0.15, 0.2) is 35.9 Å². The van der Waals surface area contributed by atoms with Gasteiger partial charge in [-0.05, 0) is 63.4 Å². The maximum atomic E-state index is 12.1. The van der Waals surface area contributed by atoms with Crippen molar-refractivity contribution in [1.29, 1.82) is 0 Å². The Hall–Kier alpha value is -2.55. The largest absolute Gasteiger partial charge is 0.573 e. The summed E-state index contributed by atoms with van der Waals surface area (Å²) in [5.74, 6) is -0.907. The fourth-order valence-electron chi connectivity index (χ4n) is 3.04. The summed E-state index contributed by atoms with van der Waals surface area (Å²) in [6.07, 6.45) is 2.97. The van der Waals surface area contributed by atoms with E-state index >= 15 is 0 Å². The Morgan fingerprint density at radius 2 is 1.79 bits per heavy atom. The molecule has 29 heavy (non-hydrogen) atoms. The van der Waals surface area contributed by atoms with Crippen LogP contribution in [-0.2, 0) is 9.59 Å². The zero-order valence-corrected chi connectivity index (χ0v) is 16.3. The number of carbonyl (C=O) groups excluding carboxylic acids is 2. The van der Waals surface area contributed by atoms with E-state index in [1.54, 1.807) is 11.9 Å². The van der Waals surface area contributed by atoms with E-state index in [0.717, 1.165) is 31.4 Å². The summed E-state index contributed by atoms with van der Waals surface area (Å²) in [5.41, 5.74) is 1.72. The van der Waals surface area contributed by atoms with Gasteiger partial charge in [-0.15, -0.1) is 13.2 Å². The molecule has 0 saturated carbocycles. The molecule has 1 aliphatic carbocycles. The van der Waals surface area contributed by atoms with Crippen molar-refractivity contribution < 1.29 is 27.5 Å². The van der Waals surface area contributed by atoms with Crippen LogP contribution < -0.4 is 15.4 Å². The molecule has 2 N–H and O–H groups in total. The molecule has 0 saturated heterocycles. The number of alkyl halides is 3. The minimum Gasteiger partial charge on any atom is -0.406 e. The molecule has 2 rings (SSSR count). The van der Waals surface area contributed by atoms with Gasteiger partial charge < -0.3 is 15.4 Å². The summed E-state index contributed by atoms with van der Waals surface area (Å²) < 4.78 is 40.2. The molecule has 1 aliphatic rings. The average Bonchev–Trinajstić information content (AvgIpc) is 2.63. The van der Waals surface area contributed by atoms with Crippen LogP contribution in [0.1, 0.15) is 32.1 Å². The van der Waals surface area contributed by atoms with Crippen LogP contribution in [0.4, 0.5) is 18.9 Å². The lowest BCUT2D eigenvalue weighted by atomic mass is 9.97. The number of amides is 2. The first-order valence-corrected chi connectivity index (χ1v) is 9.50. The number of nitrogens with zero attached hydrogens (tertiary/aromatic N) is 1. The highest BCUT2D eigenvalue weighted by atomic mass is 19.4. The molecule has 0 unspecified atom stereocenters. The molecule has 0 fully saturated rings. The number of hydrogen-bond donors (Lipinski definition) is 2. The van der Waals surface area contributed by atoms with E-state index in [9.17, 15) is 22.8 Å². The second-order valence-electron chi connectivity index (χ2n) is 7.00. The van der Waals surface area contributed by atoms with E-state index in [1.807, 2.05) is 0 Å². The van der Waals surface area contributed by atoms with Gasteiger partial charge in [0.25, 0.3) is 0 Å². The number of likely N-dealkylation sites (N-methyl/N-ethyl adjacent to an activating group) is 1. The predicted octanol–water partition coefficient (Wildman–Crippen LogP) is 3.46. The van der Waals surface area contributed by atoms with E-state index < -0.39 is 6.36 Å². The van der Waals surface area contributed by atoms with Crippen molar-refractivity contribution in [2.75, 3.05) is 32.0 Å². The number of benzene rings is 1. The predicted molar refractivity (Wildman–Crippen MR) is 103 cm³/mol. The SMILES string of the molecule is CN(CC(=O)NCCC1=CCCCC1)CC(=O)Nc1ccc(OC(F)(F)F)cc1. The summed E-state index contributed by atoms with van der Waals surface area (Å²) in [4.78, 5) is 25.6. The van der Waals surface area contributed by atoms with Crippen molar-refractivity contribution in [3.63, 3.8) is 0 Å². The van der Waals surface area contributed by atoms with Gasteiger partial charge in [-0.2, -0.15) is 0 Å². The van der Waals surface area contributed by atoms with Gasteiger partial charge in [-0.25, -0.2) is 0 Å². The molecule has 0 spiro atoms. The van der Waals surface area contributed by atoms with Crippen molar-refractivity contribution in [2.45, 2.75) is 38.5 Å². The second-order valence-corrected chi connectivity index (χ2v) is 7.00. The second kappa shape index (κ2) is 10.8. The molecular formula is C20H26F3N3O3. The van der Waals surface area contributed by atoms with Crippen LogP contribution in [-0.4, -0.2) is 49.8 Å². The lowest BCUT2D eigenvalue weighted by molar-refractivity contribution is -0.274. The molecule has 160 valence electrons. The van der Waals surface area contributed by atoms with Gasteiger partial charge in [-0.3, -0.25) is 14.5 Å². The number of allylic oxidation sites excluding steroid dienone is 1. The molecule has 0 aromatic heterocycles. The number of halogens is 3. The maximum Gasteiger partial charge on any atom is 0.573 e.